The Morgan fingerprint density at radius 1 is 0.941 bits per heavy atom. The van der Waals surface area contributed by atoms with Crippen LogP contribution in [0.3, 0.4) is 0 Å². The fraction of sp³-hybridized carbons (Fsp3) is 0.200. The molecule has 0 aliphatic rings. The minimum Gasteiger partial charge on any atom is -0.497 e. The Labute approximate surface area is 107 Å². The van der Waals surface area contributed by atoms with Crippen LogP contribution in [0.15, 0.2) is 48.5 Å². The van der Waals surface area contributed by atoms with E-state index in [4.69, 9.17) is 16.3 Å². The minimum atomic E-state index is 0.803. The van der Waals surface area contributed by atoms with E-state index < -0.39 is 0 Å². The van der Waals surface area contributed by atoms with Gasteiger partial charge in [-0.15, -0.1) is 0 Å². The molecular formula is C15H15ClO. The highest BCUT2D eigenvalue weighted by Crippen LogP contribution is 2.15. The number of methoxy groups -OCH3 is 1. The zero-order chi connectivity index (χ0) is 12.1. The number of ether oxygens (including phenoxy) is 1. The second kappa shape index (κ2) is 5.74. The van der Waals surface area contributed by atoms with E-state index in [-0.39, 0.29) is 0 Å². The first kappa shape index (κ1) is 12.0. The summed E-state index contributed by atoms with van der Waals surface area (Å²) in [6.45, 7) is 0. The summed E-state index contributed by atoms with van der Waals surface area (Å²) in [5, 5.41) is 0.803. The van der Waals surface area contributed by atoms with Gasteiger partial charge in [-0.1, -0.05) is 35.9 Å². The molecule has 17 heavy (non-hydrogen) atoms. The van der Waals surface area contributed by atoms with E-state index >= 15 is 0 Å². The molecule has 2 aromatic carbocycles. The van der Waals surface area contributed by atoms with Crippen molar-refractivity contribution in [3.63, 3.8) is 0 Å². The first-order chi connectivity index (χ1) is 8.28. The topological polar surface area (TPSA) is 9.23 Å². The Hall–Kier alpha value is -1.47. The standard InChI is InChI=1S/C15H15ClO/c1-17-15-9-7-12(8-10-15)5-6-13-3-2-4-14(16)11-13/h2-4,7-11H,5-6H2,1H3. The molecule has 0 aromatic heterocycles. The predicted octanol–water partition coefficient (Wildman–Crippen LogP) is 4.13. The number of benzene rings is 2. The third-order valence-corrected chi connectivity index (χ3v) is 2.99. The van der Waals surface area contributed by atoms with Crippen molar-refractivity contribution in [3.05, 3.63) is 64.7 Å². The van der Waals surface area contributed by atoms with Gasteiger partial charge in [0.2, 0.25) is 0 Å². The average Bonchev–Trinajstić information content (AvgIpc) is 2.37. The summed E-state index contributed by atoms with van der Waals surface area (Å²) in [7, 11) is 1.68. The van der Waals surface area contributed by atoms with E-state index in [1.165, 1.54) is 11.1 Å². The molecule has 0 fully saturated rings. The quantitative estimate of drug-likeness (QED) is 0.788. The van der Waals surface area contributed by atoms with E-state index in [0.717, 1.165) is 23.6 Å². The Morgan fingerprint density at radius 3 is 2.29 bits per heavy atom. The fourth-order valence-electron chi connectivity index (χ4n) is 1.77. The lowest BCUT2D eigenvalue weighted by Crippen LogP contribution is -1.91. The highest BCUT2D eigenvalue weighted by Gasteiger charge is 1.97. The number of rotatable bonds is 4. The molecule has 0 saturated heterocycles. The van der Waals surface area contributed by atoms with Gasteiger partial charge in [0.15, 0.2) is 0 Å². The van der Waals surface area contributed by atoms with Crippen molar-refractivity contribution in [3.8, 4) is 5.75 Å². The van der Waals surface area contributed by atoms with Crippen molar-refractivity contribution in [2.24, 2.45) is 0 Å². The van der Waals surface area contributed by atoms with Gasteiger partial charge in [-0.3, -0.25) is 0 Å². The Kier molecular flexibility index (Phi) is 4.05. The number of hydrogen-bond donors (Lipinski definition) is 0. The molecule has 1 nitrogen and oxygen atoms in total. The van der Waals surface area contributed by atoms with Gasteiger partial charge in [-0.25, -0.2) is 0 Å². The van der Waals surface area contributed by atoms with E-state index in [1.54, 1.807) is 7.11 Å². The van der Waals surface area contributed by atoms with Crippen LogP contribution in [0.2, 0.25) is 5.02 Å². The van der Waals surface area contributed by atoms with Crippen LogP contribution in [0, 0.1) is 0 Å². The molecule has 0 aliphatic heterocycles. The van der Waals surface area contributed by atoms with E-state index in [9.17, 15) is 0 Å². The lowest BCUT2D eigenvalue weighted by molar-refractivity contribution is 0.414. The molecule has 2 rings (SSSR count). The second-order valence-electron chi connectivity index (χ2n) is 3.98. The molecule has 0 bridgehead atoms. The zero-order valence-corrected chi connectivity index (χ0v) is 10.6. The molecule has 0 unspecified atom stereocenters. The summed E-state index contributed by atoms with van der Waals surface area (Å²) in [5.41, 5.74) is 2.58. The van der Waals surface area contributed by atoms with Gasteiger partial charge in [0, 0.05) is 5.02 Å². The first-order valence-corrected chi connectivity index (χ1v) is 6.03. The predicted molar refractivity (Wildman–Crippen MR) is 71.9 cm³/mol. The van der Waals surface area contributed by atoms with Gasteiger partial charge in [-0.2, -0.15) is 0 Å². The summed E-state index contributed by atoms with van der Waals surface area (Å²) in [4.78, 5) is 0. The first-order valence-electron chi connectivity index (χ1n) is 5.65. The molecule has 0 radical (unpaired) electrons. The van der Waals surface area contributed by atoms with Crippen molar-refractivity contribution >= 4 is 11.6 Å². The molecular weight excluding hydrogens is 232 g/mol. The van der Waals surface area contributed by atoms with Crippen molar-refractivity contribution in [2.75, 3.05) is 7.11 Å². The SMILES string of the molecule is COc1ccc(CCc2cccc(Cl)c2)cc1. The van der Waals surface area contributed by atoms with Crippen molar-refractivity contribution in [1.29, 1.82) is 0 Å². The second-order valence-corrected chi connectivity index (χ2v) is 4.41. The molecule has 0 N–H and O–H groups in total. The average molecular weight is 247 g/mol. The smallest absolute Gasteiger partial charge is 0.118 e. The fourth-order valence-corrected chi connectivity index (χ4v) is 1.99. The maximum absolute atomic E-state index is 5.95. The van der Waals surface area contributed by atoms with E-state index in [1.807, 2.05) is 30.3 Å². The monoisotopic (exact) mass is 246 g/mol. The van der Waals surface area contributed by atoms with Crippen LogP contribution in [0.25, 0.3) is 0 Å². The van der Waals surface area contributed by atoms with Crippen molar-refractivity contribution in [1.82, 2.24) is 0 Å². The Morgan fingerprint density at radius 2 is 1.65 bits per heavy atom. The van der Waals surface area contributed by atoms with Crippen LogP contribution in [0.5, 0.6) is 5.75 Å². The summed E-state index contributed by atoms with van der Waals surface area (Å²) >= 11 is 5.95. The third-order valence-electron chi connectivity index (χ3n) is 2.75. The third kappa shape index (κ3) is 3.50. The van der Waals surface area contributed by atoms with E-state index in [2.05, 4.69) is 18.2 Å². The molecule has 0 atom stereocenters. The van der Waals surface area contributed by atoms with Gasteiger partial charge in [0.25, 0.3) is 0 Å². The van der Waals surface area contributed by atoms with Gasteiger partial charge >= 0.3 is 0 Å². The zero-order valence-electron chi connectivity index (χ0n) is 9.82. The molecule has 0 amide bonds. The van der Waals surface area contributed by atoms with Gasteiger partial charge in [0.1, 0.15) is 5.75 Å². The molecule has 0 aliphatic carbocycles. The summed E-state index contributed by atoms with van der Waals surface area (Å²) in [6.07, 6.45) is 2.03. The Bertz CT molecular complexity index is 477. The molecule has 2 heteroatoms. The normalized spacial score (nSPS) is 10.2. The number of hydrogen-bond acceptors (Lipinski definition) is 1. The van der Waals surface area contributed by atoms with Crippen LogP contribution in [-0.4, -0.2) is 7.11 Å². The maximum atomic E-state index is 5.95. The molecule has 2 aromatic rings. The lowest BCUT2D eigenvalue weighted by atomic mass is 10.0. The number of aryl methyl sites for hydroxylation is 2. The van der Waals surface area contributed by atoms with Crippen LogP contribution in [-0.2, 0) is 12.8 Å². The van der Waals surface area contributed by atoms with Gasteiger partial charge in [-0.05, 0) is 48.2 Å². The van der Waals surface area contributed by atoms with Crippen LogP contribution >= 0.6 is 11.6 Å². The van der Waals surface area contributed by atoms with Crippen molar-refractivity contribution < 1.29 is 4.74 Å². The highest BCUT2D eigenvalue weighted by atomic mass is 35.5. The minimum absolute atomic E-state index is 0.803. The van der Waals surface area contributed by atoms with Crippen molar-refractivity contribution in [2.45, 2.75) is 12.8 Å². The molecule has 0 saturated carbocycles. The van der Waals surface area contributed by atoms with Crippen LogP contribution in [0.4, 0.5) is 0 Å². The Balaban J connectivity index is 1.97. The van der Waals surface area contributed by atoms with Crippen LogP contribution < -0.4 is 4.74 Å². The highest BCUT2D eigenvalue weighted by molar-refractivity contribution is 6.30. The summed E-state index contributed by atoms with van der Waals surface area (Å²) in [6, 6.07) is 16.2. The lowest BCUT2D eigenvalue weighted by Gasteiger charge is -2.04. The van der Waals surface area contributed by atoms with Gasteiger partial charge < -0.3 is 4.74 Å². The maximum Gasteiger partial charge on any atom is 0.118 e. The van der Waals surface area contributed by atoms with Crippen LogP contribution in [0.1, 0.15) is 11.1 Å². The molecule has 88 valence electrons. The molecule has 0 spiro atoms. The van der Waals surface area contributed by atoms with Gasteiger partial charge in [0.05, 0.1) is 7.11 Å². The molecule has 0 heterocycles. The van der Waals surface area contributed by atoms with E-state index in [0.29, 0.717) is 0 Å². The summed E-state index contributed by atoms with van der Waals surface area (Å²) < 4.78 is 5.13. The largest absolute Gasteiger partial charge is 0.497 e. The summed E-state index contributed by atoms with van der Waals surface area (Å²) in [5.74, 6) is 0.900. The number of halogens is 1.